The molecule has 0 aliphatic heterocycles. The van der Waals surface area contributed by atoms with Gasteiger partial charge in [0.25, 0.3) is 0 Å². The molecule has 2 N–H and O–H groups in total. The second-order valence-corrected chi connectivity index (χ2v) is 6.39. The van der Waals surface area contributed by atoms with Crippen LogP contribution in [0.5, 0.6) is 17.2 Å². The summed E-state index contributed by atoms with van der Waals surface area (Å²) in [6.45, 7) is 6.79. The van der Waals surface area contributed by atoms with E-state index in [0.717, 1.165) is 30.4 Å². The second kappa shape index (κ2) is 13.1. The highest BCUT2D eigenvalue weighted by Gasteiger charge is 2.09. The van der Waals surface area contributed by atoms with Gasteiger partial charge in [0.1, 0.15) is 5.75 Å². The number of hydrogen-bond donors (Lipinski definition) is 2. The Kier molecular flexibility index (Phi) is 11.3. The molecule has 0 spiro atoms. The predicted octanol–water partition coefficient (Wildman–Crippen LogP) is 4.06. The van der Waals surface area contributed by atoms with Crippen LogP contribution in [0.2, 0.25) is 0 Å². The summed E-state index contributed by atoms with van der Waals surface area (Å²) in [5.74, 6) is 2.39. The summed E-state index contributed by atoms with van der Waals surface area (Å²) in [5.41, 5.74) is 2.01. The third-order valence-electron chi connectivity index (χ3n) is 4.30. The smallest absolute Gasteiger partial charge is 0.193 e. The van der Waals surface area contributed by atoms with Crippen molar-refractivity contribution in [2.45, 2.75) is 26.8 Å². The van der Waals surface area contributed by atoms with Gasteiger partial charge in [0.15, 0.2) is 17.5 Å². The summed E-state index contributed by atoms with van der Waals surface area (Å²) in [6.07, 6.45) is 0.634. The minimum atomic E-state index is 0. The standard InChI is InChI=1S/C22H31N3O3.HI/c1-5-23-22(24-15-14-18-8-7-9-20(27-4)21(18)26)25(3)16-17-10-12-19(13-11-17)28-6-2;/h7-13,26H,5-6,14-16H2,1-4H3,(H,23,24);1H. The van der Waals surface area contributed by atoms with Crippen molar-refractivity contribution < 1.29 is 14.6 Å². The molecule has 0 radical (unpaired) electrons. The third kappa shape index (κ3) is 7.64. The van der Waals surface area contributed by atoms with Gasteiger partial charge >= 0.3 is 0 Å². The number of benzene rings is 2. The Balaban J connectivity index is 0.00000420. The number of hydrogen-bond acceptors (Lipinski definition) is 4. The van der Waals surface area contributed by atoms with Crippen LogP contribution in [0.4, 0.5) is 0 Å². The molecule has 0 saturated carbocycles. The first kappa shape index (κ1) is 24.9. The Morgan fingerprint density at radius 1 is 1.14 bits per heavy atom. The summed E-state index contributed by atoms with van der Waals surface area (Å²) in [6, 6.07) is 13.6. The maximum Gasteiger partial charge on any atom is 0.193 e. The van der Waals surface area contributed by atoms with Crippen LogP contribution in [0.15, 0.2) is 47.5 Å². The average molecular weight is 513 g/mol. The highest BCUT2D eigenvalue weighted by atomic mass is 127. The molecule has 0 heterocycles. The lowest BCUT2D eigenvalue weighted by Crippen LogP contribution is -2.38. The fourth-order valence-corrected chi connectivity index (χ4v) is 2.89. The number of aromatic hydroxyl groups is 1. The van der Waals surface area contributed by atoms with Crippen LogP contribution in [-0.4, -0.2) is 49.8 Å². The van der Waals surface area contributed by atoms with Crippen LogP contribution in [0, 0.1) is 0 Å². The highest BCUT2D eigenvalue weighted by Crippen LogP contribution is 2.29. The molecule has 0 saturated heterocycles. The number of phenolic OH excluding ortho intramolecular Hbond substituents is 1. The van der Waals surface area contributed by atoms with Crippen molar-refractivity contribution in [3.8, 4) is 17.2 Å². The van der Waals surface area contributed by atoms with E-state index < -0.39 is 0 Å². The van der Waals surface area contributed by atoms with Gasteiger partial charge in [-0.2, -0.15) is 0 Å². The zero-order chi connectivity index (χ0) is 20.4. The van der Waals surface area contributed by atoms with Crippen LogP contribution < -0.4 is 14.8 Å². The number of nitrogens with zero attached hydrogens (tertiary/aromatic N) is 2. The first-order valence-electron chi connectivity index (χ1n) is 9.65. The van der Waals surface area contributed by atoms with Gasteiger partial charge in [0, 0.05) is 26.7 Å². The zero-order valence-corrected chi connectivity index (χ0v) is 20.0. The Hall–Kier alpha value is -2.16. The van der Waals surface area contributed by atoms with Gasteiger partial charge in [0.2, 0.25) is 0 Å². The molecule has 2 aromatic carbocycles. The lowest BCUT2D eigenvalue weighted by molar-refractivity contribution is 0.340. The molecule has 0 atom stereocenters. The molecule has 160 valence electrons. The summed E-state index contributed by atoms with van der Waals surface area (Å²) in [7, 11) is 3.57. The number of rotatable bonds is 9. The van der Waals surface area contributed by atoms with E-state index in [4.69, 9.17) is 14.5 Å². The van der Waals surface area contributed by atoms with E-state index in [2.05, 4.69) is 22.3 Å². The number of halogens is 1. The fourth-order valence-electron chi connectivity index (χ4n) is 2.89. The fraction of sp³-hybridized carbons (Fsp3) is 0.409. The molecular formula is C22H32IN3O3. The molecule has 7 heteroatoms. The number of methoxy groups -OCH3 is 1. The van der Waals surface area contributed by atoms with Crippen LogP contribution in [0.1, 0.15) is 25.0 Å². The van der Waals surface area contributed by atoms with Crippen LogP contribution in [0.3, 0.4) is 0 Å². The quantitative estimate of drug-likeness (QED) is 0.301. The molecule has 0 aliphatic rings. The maximum absolute atomic E-state index is 10.2. The van der Waals surface area contributed by atoms with Crippen molar-refractivity contribution in [1.29, 1.82) is 0 Å². The number of aliphatic imine (C=N–C) groups is 1. The van der Waals surface area contributed by atoms with E-state index >= 15 is 0 Å². The van der Waals surface area contributed by atoms with E-state index in [1.54, 1.807) is 13.2 Å². The molecule has 0 unspecified atom stereocenters. The Morgan fingerprint density at radius 3 is 2.48 bits per heavy atom. The Morgan fingerprint density at radius 2 is 1.86 bits per heavy atom. The van der Waals surface area contributed by atoms with Gasteiger partial charge < -0.3 is 24.8 Å². The van der Waals surface area contributed by atoms with Gasteiger partial charge in [-0.25, -0.2) is 0 Å². The van der Waals surface area contributed by atoms with E-state index in [1.807, 2.05) is 45.2 Å². The topological polar surface area (TPSA) is 66.3 Å². The van der Waals surface area contributed by atoms with E-state index in [0.29, 0.717) is 25.3 Å². The average Bonchev–Trinajstić information content (AvgIpc) is 2.70. The SMILES string of the molecule is CCNC(=NCCc1cccc(OC)c1O)N(C)Cc1ccc(OCC)cc1.I. The largest absolute Gasteiger partial charge is 0.504 e. The van der Waals surface area contributed by atoms with Gasteiger partial charge in [-0.05, 0) is 49.6 Å². The number of para-hydroxylation sites is 1. The first-order chi connectivity index (χ1) is 13.6. The lowest BCUT2D eigenvalue weighted by atomic mass is 10.1. The first-order valence-corrected chi connectivity index (χ1v) is 9.65. The lowest BCUT2D eigenvalue weighted by Gasteiger charge is -2.22. The van der Waals surface area contributed by atoms with Crippen LogP contribution in [-0.2, 0) is 13.0 Å². The number of guanidine groups is 1. The second-order valence-electron chi connectivity index (χ2n) is 6.39. The molecule has 2 aromatic rings. The molecule has 2 rings (SSSR count). The van der Waals surface area contributed by atoms with E-state index in [9.17, 15) is 5.11 Å². The molecule has 29 heavy (non-hydrogen) atoms. The summed E-state index contributed by atoms with van der Waals surface area (Å²) >= 11 is 0. The normalized spacial score (nSPS) is 10.8. The number of ether oxygens (including phenoxy) is 2. The molecular weight excluding hydrogens is 481 g/mol. The maximum atomic E-state index is 10.2. The molecule has 0 bridgehead atoms. The molecule has 0 aromatic heterocycles. The summed E-state index contributed by atoms with van der Waals surface area (Å²) < 4.78 is 10.7. The van der Waals surface area contributed by atoms with Crippen LogP contribution >= 0.6 is 24.0 Å². The summed E-state index contributed by atoms with van der Waals surface area (Å²) in [5, 5.41) is 13.5. The van der Waals surface area contributed by atoms with E-state index in [-0.39, 0.29) is 29.7 Å². The summed E-state index contributed by atoms with van der Waals surface area (Å²) in [4.78, 5) is 6.79. The minimum absolute atomic E-state index is 0. The van der Waals surface area contributed by atoms with Crippen LogP contribution in [0.25, 0.3) is 0 Å². The van der Waals surface area contributed by atoms with Gasteiger partial charge in [-0.1, -0.05) is 24.3 Å². The highest BCUT2D eigenvalue weighted by molar-refractivity contribution is 14.0. The minimum Gasteiger partial charge on any atom is -0.504 e. The molecule has 6 nitrogen and oxygen atoms in total. The predicted molar refractivity (Wildman–Crippen MR) is 129 cm³/mol. The molecule has 0 amide bonds. The molecule has 0 fully saturated rings. The van der Waals surface area contributed by atoms with Crippen molar-refractivity contribution in [3.63, 3.8) is 0 Å². The van der Waals surface area contributed by atoms with Crippen molar-refractivity contribution in [3.05, 3.63) is 53.6 Å². The number of phenols is 1. The van der Waals surface area contributed by atoms with Crippen molar-refractivity contribution in [1.82, 2.24) is 10.2 Å². The van der Waals surface area contributed by atoms with Gasteiger partial charge in [-0.15, -0.1) is 24.0 Å². The van der Waals surface area contributed by atoms with Crippen molar-refractivity contribution >= 4 is 29.9 Å². The van der Waals surface area contributed by atoms with Gasteiger partial charge in [0.05, 0.1) is 13.7 Å². The van der Waals surface area contributed by atoms with E-state index in [1.165, 1.54) is 5.56 Å². The Labute approximate surface area is 191 Å². The Bertz CT molecular complexity index is 766. The monoisotopic (exact) mass is 513 g/mol. The van der Waals surface area contributed by atoms with Crippen molar-refractivity contribution in [2.24, 2.45) is 4.99 Å². The van der Waals surface area contributed by atoms with Gasteiger partial charge in [-0.3, -0.25) is 4.99 Å². The zero-order valence-electron chi connectivity index (χ0n) is 17.6. The molecule has 0 aliphatic carbocycles. The third-order valence-corrected chi connectivity index (χ3v) is 4.30. The number of nitrogens with one attached hydrogen (secondary N) is 1. The van der Waals surface area contributed by atoms with Crippen molar-refractivity contribution in [2.75, 3.05) is 33.9 Å².